The second-order valence-electron chi connectivity index (χ2n) is 5.91. The highest BCUT2D eigenvalue weighted by atomic mass is 32.2. The SMILES string of the molecule is N#Cc1c(C2CC2)nc(SCc2cccc(F)c2F)[nH]c1=O.O=CNCC(=O)O. The van der Waals surface area contributed by atoms with Crippen LogP contribution in [0, 0.1) is 23.0 Å². The molecule has 8 nitrogen and oxygen atoms in total. The molecular formula is C18H16F2N4O4S. The summed E-state index contributed by atoms with van der Waals surface area (Å²) in [5, 5.41) is 19.1. The van der Waals surface area contributed by atoms with E-state index in [-0.39, 0.29) is 29.3 Å². The fraction of sp³-hybridized carbons (Fsp3) is 0.278. The number of carbonyl (C=O) groups is 2. The number of aromatic nitrogens is 2. The van der Waals surface area contributed by atoms with Crippen molar-refractivity contribution >= 4 is 24.1 Å². The number of halogens is 2. The molecule has 0 spiro atoms. The fourth-order valence-corrected chi connectivity index (χ4v) is 3.08. The van der Waals surface area contributed by atoms with Gasteiger partial charge >= 0.3 is 5.97 Å². The molecule has 0 unspecified atom stereocenters. The van der Waals surface area contributed by atoms with Crippen molar-refractivity contribution in [3.05, 3.63) is 57.0 Å². The quantitative estimate of drug-likeness (QED) is 0.352. The van der Waals surface area contributed by atoms with E-state index in [4.69, 9.17) is 10.4 Å². The normalized spacial score (nSPS) is 12.3. The summed E-state index contributed by atoms with van der Waals surface area (Å²) in [6.45, 7) is -0.302. The number of nitrogens with one attached hydrogen (secondary N) is 2. The maximum absolute atomic E-state index is 13.6. The first kappa shape index (κ1) is 22.0. The van der Waals surface area contributed by atoms with Gasteiger partial charge in [-0.25, -0.2) is 13.8 Å². The van der Waals surface area contributed by atoms with Crippen LogP contribution in [0.4, 0.5) is 8.78 Å². The Morgan fingerprint density at radius 1 is 1.45 bits per heavy atom. The number of hydrogen-bond donors (Lipinski definition) is 3. The predicted molar refractivity (Wildman–Crippen MR) is 99.2 cm³/mol. The number of benzene rings is 1. The number of nitriles is 1. The highest BCUT2D eigenvalue weighted by Crippen LogP contribution is 2.40. The van der Waals surface area contributed by atoms with Crippen molar-refractivity contribution < 1.29 is 23.5 Å². The zero-order chi connectivity index (χ0) is 21.4. The molecule has 3 rings (SSSR count). The third-order valence-corrected chi connectivity index (χ3v) is 4.66. The summed E-state index contributed by atoms with van der Waals surface area (Å²) in [7, 11) is 0. The van der Waals surface area contributed by atoms with Crippen molar-refractivity contribution in [1.82, 2.24) is 15.3 Å². The van der Waals surface area contributed by atoms with Crippen molar-refractivity contribution in [1.29, 1.82) is 5.26 Å². The molecule has 29 heavy (non-hydrogen) atoms. The molecule has 1 saturated carbocycles. The summed E-state index contributed by atoms with van der Waals surface area (Å²) in [4.78, 5) is 37.6. The predicted octanol–water partition coefficient (Wildman–Crippen LogP) is 1.91. The molecule has 1 aliphatic carbocycles. The van der Waals surface area contributed by atoms with E-state index < -0.39 is 23.2 Å². The lowest BCUT2D eigenvalue weighted by molar-refractivity contribution is -0.136. The number of carboxylic acids is 1. The number of amides is 1. The van der Waals surface area contributed by atoms with Crippen LogP contribution in [0.2, 0.25) is 0 Å². The minimum Gasteiger partial charge on any atom is -0.480 e. The Bertz CT molecular complexity index is 1000. The Morgan fingerprint density at radius 2 is 2.17 bits per heavy atom. The first-order chi connectivity index (χ1) is 13.9. The Labute approximate surface area is 168 Å². The molecule has 3 N–H and O–H groups in total. The second-order valence-corrected chi connectivity index (χ2v) is 6.88. The van der Waals surface area contributed by atoms with Gasteiger partial charge in [0.25, 0.3) is 5.56 Å². The number of carbonyl (C=O) groups excluding carboxylic acids is 1. The highest BCUT2D eigenvalue weighted by molar-refractivity contribution is 7.98. The minimum absolute atomic E-state index is 0.0452. The van der Waals surface area contributed by atoms with E-state index in [0.717, 1.165) is 30.7 Å². The van der Waals surface area contributed by atoms with Crippen LogP contribution in [0.5, 0.6) is 0 Å². The Kier molecular flexibility index (Phi) is 7.85. The van der Waals surface area contributed by atoms with E-state index in [1.54, 1.807) is 0 Å². The van der Waals surface area contributed by atoms with Gasteiger partial charge < -0.3 is 15.4 Å². The Morgan fingerprint density at radius 3 is 2.72 bits per heavy atom. The molecule has 2 aromatic rings. The average Bonchev–Trinajstić information content (AvgIpc) is 3.53. The summed E-state index contributed by atoms with van der Waals surface area (Å²) in [6.07, 6.45) is 2.16. The number of carboxylic acid groups (broad SMARTS) is 1. The molecular weight excluding hydrogens is 406 g/mol. The molecule has 0 aliphatic heterocycles. The monoisotopic (exact) mass is 422 g/mol. The van der Waals surface area contributed by atoms with Crippen LogP contribution < -0.4 is 10.9 Å². The third-order valence-electron chi connectivity index (χ3n) is 3.73. The van der Waals surface area contributed by atoms with Crippen molar-refractivity contribution in [2.24, 2.45) is 0 Å². The summed E-state index contributed by atoms with van der Waals surface area (Å²) in [5.41, 5.74) is 0.267. The van der Waals surface area contributed by atoms with Gasteiger partial charge in [0.05, 0.1) is 5.69 Å². The number of aliphatic carboxylic acids is 1. The second kappa shape index (κ2) is 10.3. The third kappa shape index (κ3) is 6.39. The Balaban J connectivity index is 0.000000370. The van der Waals surface area contributed by atoms with E-state index in [1.165, 1.54) is 12.1 Å². The lowest BCUT2D eigenvalue weighted by atomic mass is 10.2. The van der Waals surface area contributed by atoms with Gasteiger partial charge in [-0.2, -0.15) is 5.26 Å². The summed E-state index contributed by atoms with van der Waals surface area (Å²) >= 11 is 1.11. The number of rotatable bonds is 7. The minimum atomic E-state index is -1.04. The number of aromatic amines is 1. The molecule has 0 atom stereocenters. The number of thioether (sulfide) groups is 1. The van der Waals surface area contributed by atoms with Gasteiger partial charge in [-0.3, -0.25) is 14.4 Å². The zero-order valence-corrected chi connectivity index (χ0v) is 15.8. The molecule has 1 heterocycles. The smallest absolute Gasteiger partial charge is 0.322 e. The van der Waals surface area contributed by atoms with Crippen LogP contribution >= 0.6 is 11.8 Å². The zero-order valence-electron chi connectivity index (χ0n) is 14.9. The van der Waals surface area contributed by atoms with Gasteiger partial charge in [0.1, 0.15) is 18.2 Å². The fourth-order valence-electron chi connectivity index (χ4n) is 2.23. The van der Waals surface area contributed by atoms with Crippen LogP contribution in [0.15, 0.2) is 28.2 Å². The topological polar surface area (TPSA) is 136 Å². The van der Waals surface area contributed by atoms with Crippen LogP contribution in [0.1, 0.15) is 35.6 Å². The first-order valence-corrected chi connectivity index (χ1v) is 9.34. The number of nitrogens with zero attached hydrogens (tertiary/aromatic N) is 2. The van der Waals surface area contributed by atoms with Crippen LogP contribution in [-0.4, -0.2) is 34.0 Å². The van der Waals surface area contributed by atoms with E-state index in [2.05, 4.69) is 9.97 Å². The summed E-state index contributed by atoms with van der Waals surface area (Å²) in [5.74, 6) is -2.54. The molecule has 1 amide bonds. The van der Waals surface area contributed by atoms with Gasteiger partial charge in [0, 0.05) is 17.2 Å². The maximum atomic E-state index is 13.6. The van der Waals surface area contributed by atoms with Crippen molar-refractivity contribution in [2.75, 3.05) is 6.54 Å². The van der Waals surface area contributed by atoms with Gasteiger partial charge in [-0.15, -0.1) is 0 Å². The van der Waals surface area contributed by atoms with Crippen molar-refractivity contribution in [2.45, 2.75) is 29.7 Å². The van der Waals surface area contributed by atoms with Gasteiger partial charge in [-0.05, 0) is 18.9 Å². The number of hydrogen-bond acceptors (Lipinski definition) is 6. The van der Waals surface area contributed by atoms with E-state index in [1.807, 2.05) is 11.4 Å². The van der Waals surface area contributed by atoms with Gasteiger partial charge in [0.2, 0.25) is 6.41 Å². The molecule has 1 aromatic heterocycles. The Hall–Kier alpha value is -3.26. The molecule has 0 radical (unpaired) electrons. The van der Waals surface area contributed by atoms with Crippen LogP contribution in [0.25, 0.3) is 0 Å². The van der Waals surface area contributed by atoms with Gasteiger partial charge in [-0.1, -0.05) is 23.9 Å². The molecule has 1 aliphatic rings. The molecule has 0 bridgehead atoms. The highest BCUT2D eigenvalue weighted by Gasteiger charge is 2.29. The number of H-pyrrole nitrogens is 1. The largest absolute Gasteiger partial charge is 0.480 e. The van der Waals surface area contributed by atoms with Crippen molar-refractivity contribution in [3.63, 3.8) is 0 Å². The van der Waals surface area contributed by atoms with Crippen LogP contribution in [0.3, 0.4) is 0 Å². The molecule has 11 heteroatoms. The molecule has 0 saturated heterocycles. The summed E-state index contributed by atoms with van der Waals surface area (Å²) in [6, 6.07) is 5.84. The first-order valence-electron chi connectivity index (χ1n) is 8.36. The molecule has 1 aromatic carbocycles. The van der Waals surface area contributed by atoms with Crippen LogP contribution in [-0.2, 0) is 15.3 Å². The van der Waals surface area contributed by atoms with Gasteiger partial charge in [0.15, 0.2) is 16.8 Å². The average molecular weight is 422 g/mol. The summed E-state index contributed by atoms with van der Waals surface area (Å²) < 4.78 is 26.7. The lowest BCUT2D eigenvalue weighted by Gasteiger charge is -2.06. The molecule has 152 valence electrons. The lowest BCUT2D eigenvalue weighted by Crippen LogP contribution is -2.20. The van der Waals surface area contributed by atoms with Crippen molar-refractivity contribution in [3.8, 4) is 6.07 Å². The molecule has 1 fully saturated rings. The van der Waals surface area contributed by atoms with E-state index in [9.17, 15) is 23.2 Å². The van der Waals surface area contributed by atoms with E-state index >= 15 is 0 Å². The maximum Gasteiger partial charge on any atom is 0.322 e. The standard InChI is InChI=1S/C15H11F2N3OS.C3H5NO3/c16-11-3-1-2-9(12(11)17)7-22-15-19-13(8-4-5-8)10(6-18)14(21)20-15;5-2-4-1-3(6)7/h1-3,8H,4-5,7H2,(H,19,20,21);2H,1H2,(H,4,5)(H,6,7). The van der Waals surface area contributed by atoms with E-state index in [0.29, 0.717) is 17.3 Å².